The van der Waals surface area contributed by atoms with Crippen molar-refractivity contribution in [2.75, 3.05) is 18.6 Å². The number of ether oxygens (including phenoxy) is 2. The van der Waals surface area contributed by atoms with Crippen molar-refractivity contribution in [3.63, 3.8) is 0 Å². The maximum absolute atomic E-state index is 13.5. The maximum Gasteiger partial charge on any atom is 0.257 e. The number of benzene rings is 3. The van der Waals surface area contributed by atoms with Crippen LogP contribution in [0.15, 0.2) is 72.8 Å². The Kier molecular flexibility index (Phi) is 7.44. The number of anilines is 2. The molecular weight excluding hydrogens is 458 g/mol. The Morgan fingerprint density at radius 3 is 2.57 bits per heavy atom. The Hall–Kier alpha value is -4.15. The van der Waals surface area contributed by atoms with Crippen molar-refractivity contribution in [1.29, 1.82) is 5.26 Å². The van der Waals surface area contributed by atoms with E-state index in [1.54, 1.807) is 29.2 Å². The summed E-state index contributed by atoms with van der Waals surface area (Å²) in [5.74, 6) is 1.14. The lowest BCUT2D eigenvalue weighted by Gasteiger charge is -2.19. The topological polar surface area (TPSA) is 75.4 Å². The molecule has 0 N–H and O–H groups in total. The number of methoxy groups -OCH3 is 1. The molecule has 0 unspecified atom stereocenters. The van der Waals surface area contributed by atoms with Crippen LogP contribution in [0, 0.1) is 11.3 Å². The predicted octanol–water partition coefficient (Wildman–Crippen LogP) is 6.71. The standard InChI is InChI=1S/C28H25N3O3S/c1-19(2)21-10-12-22(13-11-21)31(28-30-23-6-4-5-7-26(23)35-28)27(32)15-9-20-8-14-24(34-17-16-29)25(18-20)33-3/h4-15,18-19H,17H2,1-3H3/b15-9+. The van der Waals surface area contributed by atoms with Gasteiger partial charge in [-0.25, -0.2) is 4.98 Å². The Morgan fingerprint density at radius 2 is 1.89 bits per heavy atom. The van der Waals surface area contributed by atoms with Crippen LogP contribution in [0.25, 0.3) is 16.3 Å². The van der Waals surface area contributed by atoms with Crippen molar-refractivity contribution in [3.05, 3.63) is 83.9 Å². The molecule has 0 aliphatic rings. The maximum atomic E-state index is 13.5. The number of para-hydroxylation sites is 1. The lowest BCUT2D eigenvalue weighted by atomic mass is 10.0. The van der Waals surface area contributed by atoms with Crippen LogP contribution in [0.2, 0.25) is 0 Å². The number of carbonyl (C=O) groups excluding carboxylic acids is 1. The zero-order valence-electron chi connectivity index (χ0n) is 19.8. The van der Waals surface area contributed by atoms with Crippen LogP contribution in [0.3, 0.4) is 0 Å². The summed E-state index contributed by atoms with van der Waals surface area (Å²) in [5.41, 5.74) is 3.57. The van der Waals surface area contributed by atoms with E-state index in [2.05, 4.69) is 13.8 Å². The Balaban J connectivity index is 1.67. The summed E-state index contributed by atoms with van der Waals surface area (Å²) in [6, 6.07) is 23.1. The lowest BCUT2D eigenvalue weighted by Crippen LogP contribution is -2.23. The minimum atomic E-state index is -0.217. The van der Waals surface area contributed by atoms with E-state index in [9.17, 15) is 4.79 Å². The van der Waals surface area contributed by atoms with Crippen molar-refractivity contribution in [1.82, 2.24) is 4.98 Å². The summed E-state index contributed by atoms with van der Waals surface area (Å²) in [6.07, 6.45) is 3.24. The molecule has 0 saturated carbocycles. The smallest absolute Gasteiger partial charge is 0.257 e. The summed E-state index contributed by atoms with van der Waals surface area (Å²) in [5, 5.41) is 9.35. The van der Waals surface area contributed by atoms with Gasteiger partial charge in [-0.15, -0.1) is 0 Å². The summed E-state index contributed by atoms with van der Waals surface area (Å²) in [6.45, 7) is 4.20. The quantitative estimate of drug-likeness (QED) is 0.260. The van der Waals surface area contributed by atoms with Crippen LogP contribution in [0.4, 0.5) is 10.8 Å². The van der Waals surface area contributed by atoms with E-state index < -0.39 is 0 Å². The highest BCUT2D eigenvalue weighted by molar-refractivity contribution is 7.22. The molecule has 4 rings (SSSR count). The van der Waals surface area contributed by atoms with Gasteiger partial charge in [-0.3, -0.25) is 9.69 Å². The van der Waals surface area contributed by atoms with E-state index in [0.29, 0.717) is 22.5 Å². The van der Waals surface area contributed by atoms with Gasteiger partial charge in [0.25, 0.3) is 5.91 Å². The van der Waals surface area contributed by atoms with Crippen LogP contribution in [0.1, 0.15) is 30.9 Å². The fourth-order valence-electron chi connectivity index (χ4n) is 3.56. The first-order valence-electron chi connectivity index (χ1n) is 11.2. The number of fused-ring (bicyclic) bond motifs is 1. The molecule has 3 aromatic carbocycles. The van der Waals surface area contributed by atoms with Crippen LogP contribution >= 0.6 is 11.3 Å². The van der Waals surface area contributed by atoms with Gasteiger partial charge in [0.15, 0.2) is 23.2 Å². The Labute approximate surface area is 208 Å². The van der Waals surface area contributed by atoms with Gasteiger partial charge >= 0.3 is 0 Å². The van der Waals surface area contributed by atoms with Crippen molar-refractivity contribution in [3.8, 4) is 17.6 Å². The van der Waals surface area contributed by atoms with E-state index in [0.717, 1.165) is 21.5 Å². The zero-order valence-corrected chi connectivity index (χ0v) is 20.6. The average Bonchev–Trinajstić information content (AvgIpc) is 3.30. The van der Waals surface area contributed by atoms with Crippen LogP contribution in [0.5, 0.6) is 11.5 Å². The van der Waals surface area contributed by atoms with Crippen molar-refractivity contribution in [2.24, 2.45) is 0 Å². The first-order chi connectivity index (χ1) is 17.0. The average molecular weight is 484 g/mol. The molecule has 1 heterocycles. The highest BCUT2D eigenvalue weighted by Gasteiger charge is 2.20. The fraction of sp³-hybridized carbons (Fsp3) is 0.179. The molecular formula is C28H25N3O3S. The van der Waals surface area contributed by atoms with Gasteiger partial charge in [-0.05, 0) is 59.5 Å². The lowest BCUT2D eigenvalue weighted by molar-refractivity contribution is -0.113. The number of carbonyl (C=O) groups is 1. The number of nitriles is 1. The highest BCUT2D eigenvalue weighted by atomic mass is 32.1. The summed E-state index contributed by atoms with van der Waals surface area (Å²) < 4.78 is 11.8. The van der Waals surface area contributed by atoms with Gasteiger partial charge < -0.3 is 9.47 Å². The number of thiazole rings is 1. The van der Waals surface area contributed by atoms with E-state index in [4.69, 9.17) is 19.7 Å². The minimum absolute atomic E-state index is 0.0727. The van der Waals surface area contributed by atoms with E-state index in [1.807, 2.05) is 54.6 Å². The van der Waals surface area contributed by atoms with Crippen molar-refractivity contribution in [2.45, 2.75) is 19.8 Å². The van der Waals surface area contributed by atoms with E-state index in [-0.39, 0.29) is 12.5 Å². The second kappa shape index (κ2) is 10.9. The number of aromatic nitrogens is 1. The first kappa shape index (κ1) is 24.0. The molecule has 0 bridgehead atoms. The molecule has 35 heavy (non-hydrogen) atoms. The van der Waals surface area contributed by atoms with Gasteiger partial charge in [0, 0.05) is 6.08 Å². The molecule has 0 aliphatic heterocycles. The van der Waals surface area contributed by atoms with Crippen LogP contribution < -0.4 is 14.4 Å². The number of nitrogens with zero attached hydrogens (tertiary/aromatic N) is 3. The highest BCUT2D eigenvalue weighted by Crippen LogP contribution is 2.34. The molecule has 0 atom stereocenters. The number of hydrogen-bond acceptors (Lipinski definition) is 6. The zero-order chi connectivity index (χ0) is 24.8. The normalized spacial score (nSPS) is 11.1. The Morgan fingerprint density at radius 1 is 1.11 bits per heavy atom. The van der Waals surface area contributed by atoms with Crippen molar-refractivity contribution >= 4 is 44.4 Å². The molecule has 0 spiro atoms. The third-order valence-corrected chi connectivity index (χ3v) is 6.43. The fourth-order valence-corrected chi connectivity index (χ4v) is 4.55. The summed E-state index contributed by atoms with van der Waals surface area (Å²) in [4.78, 5) is 19.8. The van der Waals surface area contributed by atoms with Crippen LogP contribution in [-0.4, -0.2) is 24.6 Å². The number of rotatable bonds is 8. The number of hydrogen-bond donors (Lipinski definition) is 0. The molecule has 6 nitrogen and oxygen atoms in total. The second-order valence-electron chi connectivity index (χ2n) is 8.07. The number of amides is 1. The Bertz CT molecular complexity index is 1370. The van der Waals surface area contributed by atoms with Gasteiger partial charge in [0.2, 0.25) is 0 Å². The molecule has 7 heteroatoms. The third-order valence-electron chi connectivity index (χ3n) is 5.41. The summed E-state index contributed by atoms with van der Waals surface area (Å²) >= 11 is 1.47. The minimum Gasteiger partial charge on any atom is -0.493 e. The van der Waals surface area contributed by atoms with Gasteiger partial charge in [0.1, 0.15) is 6.07 Å². The monoisotopic (exact) mass is 483 g/mol. The predicted molar refractivity (Wildman–Crippen MR) is 140 cm³/mol. The third kappa shape index (κ3) is 5.51. The molecule has 1 amide bonds. The molecule has 4 aromatic rings. The first-order valence-corrected chi connectivity index (χ1v) is 12.0. The van der Waals surface area contributed by atoms with Gasteiger partial charge in [0.05, 0.1) is 23.0 Å². The molecule has 176 valence electrons. The van der Waals surface area contributed by atoms with Crippen molar-refractivity contribution < 1.29 is 14.3 Å². The van der Waals surface area contributed by atoms with E-state index >= 15 is 0 Å². The van der Waals surface area contributed by atoms with Gasteiger partial charge in [-0.2, -0.15) is 5.26 Å². The molecule has 0 saturated heterocycles. The second-order valence-corrected chi connectivity index (χ2v) is 9.08. The largest absolute Gasteiger partial charge is 0.493 e. The van der Waals surface area contributed by atoms with Crippen LogP contribution in [-0.2, 0) is 4.79 Å². The van der Waals surface area contributed by atoms with Gasteiger partial charge in [-0.1, -0.05) is 55.5 Å². The molecule has 0 fully saturated rings. The molecule has 0 aliphatic carbocycles. The molecule has 0 radical (unpaired) electrons. The van der Waals surface area contributed by atoms with E-state index in [1.165, 1.54) is 30.1 Å². The summed E-state index contributed by atoms with van der Waals surface area (Å²) in [7, 11) is 1.53. The molecule has 1 aromatic heterocycles. The SMILES string of the molecule is COc1cc(/C=C/C(=O)N(c2ccc(C(C)C)cc2)c2nc3ccccc3s2)ccc1OCC#N.